The molecule has 2 aromatic carbocycles. The van der Waals surface area contributed by atoms with Crippen LogP contribution in [0.2, 0.25) is 5.02 Å². The molecule has 0 saturated heterocycles. The summed E-state index contributed by atoms with van der Waals surface area (Å²) in [5.74, 6) is 0.876. The van der Waals surface area contributed by atoms with E-state index in [1.165, 1.54) is 17.5 Å². The molecule has 20 heavy (non-hydrogen) atoms. The van der Waals surface area contributed by atoms with Gasteiger partial charge in [-0.3, -0.25) is 0 Å². The Kier molecular flexibility index (Phi) is 3.95. The Balaban J connectivity index is 1.73. The Hall–Kier alpha value is -1.51. The quantitative estimate of drug-likeness (QED) is 0.916. The summed E-state index contributed by atoms with van der Waals surface area (Å²) in [6.45, 7) is 0.522. The number of nitrogens with two attached hydrogens (primary N) is 1. The molecule has 0 spiro atoms. The summed E-state index contributed by atoms with van der Waals surface area (Å²) in [5.41, 5.74) is 9.83. The lowest BCUT2D eigenvalue weighted by atomic mass is 9.88. The molecule has 0 radical (unpaired) electrons. The second-order valence-electron chi connectivity index (χ2n) is 5.28. The molecule has 3 heteroatoms. The van der Waals surface area contributed by atoms with E-state index in [4.69, 9.17) is 22.1 Å². The average Bonchev–Trinajstić information content (AvgIpc) is 2.46. The second-order valence-corrected chi connectivity index (χ2v) is 5.71. The molecule has 1 unspecified atom stereocenters. The largest absolute Gasteiger partial charge is 0.489 e. The minimum absolute atomic E-state index is 0.147. The standard InChI is InChI=1S/C17H18ClNO/c18-14-5-1-3-12(9-14)11-20-15-8-7-13-4-2-6-17(19)16(13)10-15/h1,3,5,7-10,17H,2,4,6,11,19H2. The molecular formula is C17H18ClNO. The molecule has 0 aromatic heterocycles. The van der Waals surface area contributed by atoms with Crippen molar-refractivity contribution in [2.75, 3.05) is 0 Å². The minimum Gasteiger partial charge on any atom is -0.489 e. The fourth-order valence-electron chi connectivity index (χ4n) is 2.70. The van der Waals surface area contributed by atoms with Gasteiger partial charge in [0.2, 0.25) is 0 Å². The number of benzene rings is 2. The highest BCUT2D eigenvalue weighted by Crippen LogP contribution is 2.31. The average molecular weight is 288 g/mol. The van der Waals surface area contributed by atoms with Crippen molar-refractivity contribution in [1.82, 2.24) is 0 Å². The normalized spacial score (nSPS) is 17.6. The summed E-state index contributed by atoms with van der Waals surface area (Å²) in [4.78, 5) is 0. The van der Waals surface area contributed by atoms with Crippen LogP contribution < -0.4 is 10.5 Å². The van der Waals surface area contributed by atoms with Crippen molar-refractivity contribution in [2.24, 2.45) is 5.73 Å². The third-order valence-electron chi connectivity index (χ3n) is 3.77. The minimum atomic E-state index is 0.147. The SMILES string of the molecule is NC1CCCc2ccc(OCc3cccc(Cl)c3)cc21. The molecule has 1 atom stereocenters. The van der Waals surface area contributed by atoms with Gasteiger partial charge in [-0.1, -0.05) is 29.8 Å². The number of aryl methyl sites for hydroxylation is 1. The molecule has 0 heterocycles. The molecule has 1 aliphatic carbocycles. The van der Waals surface area contributed by atoms with Crippen molar-refractivity contribution in [2.45, 2.75) is 31.9 Å². The van der Waals surface area contributed by atoms with Crippen LogP contribution >= 0.6 is 11.6 Å². The van der Waals surface area contributed by atoms with Gasteiger partial charge < -0.3 is 10.5 Å². The van der Waals surface area contributed by atoms with E-state index in [1.807, 2.05) is 30.3 Å². The van der Waals surface area contributed by atoms with Crippen LogP contribution in [0.1, 0.15) is 35.6 Å². The van der Waals surface area contributed by atoms with Gasteiger partial charge in [0.25, 0.3) is 0 Å². The zero-order valence-electron chi connectivity index (χ0n) is 11.3. The van der Waals surface area contributed by atoms with Gasteiger partial charge in [0.05, 0.1) is 0 Å². The maximum Gasteiger partial charge on any atom is 0.120 e. The topological polar surface area (TPSA) is 35.2 Å². The zero-order valence-corrected chi connectivity index (χ0v) is 12.1. The van der Waals surface area contributed by atoms with Crippen LogP contribution in [0.4, 0.5) is 0 Å². The molecule has 3 rings (SSSR count). The lowest BCUT2D eigenvalue weighted by molar-refractivity contribution is 0.305. The smallest absolute Gasteiger partial charge is 0.120 e. The first kappa shape index (κ1) is 13.5. The van der Waals surface area contributed by atoms with Crippen molar-refractivity contribution in [3.05, 3.63) is 64.2 Å². The van der Waals surface area contributed by atoms with Crippen molar-refractivity contribution >= 4 is 11.6 Å². The molecule has 2 N–H and O–H groups in total. The van der Waals surface area contributed by atoms with Crippen molar-refractivity contribution < 1.29 is 4.74 Å². The maximum atomic E-state index is 6.17. The predicted octanol–water partition coefficient (Wildman–Crippen LogP) is 4.26. The highest BCUT2D eigenvalue weighted by Gasteiger charge is 2.17. The highest BCUT2D eigenvalue weighted by atomic mass is 35.5. The molecule has 0 amide bonds. The molecule has 104 valence electrons. The lowest BCUT2D eigenvalue weighted by Crippen LogP contribution is -2.17. The third-order valence-corrected chi connectivity index (χ3v) is 4.01. The third kappa shape index (κ3) is 2.97. The van der Waals surface area contributed by atoms with Crippen molar-refractivity contribution in [3.63, 3.8) is 0 Å². The monoisotopic (exact) mass is 287 g/mol. The van der Waals surface area contributed by atoms with E-state index in [-0.39, 0.29) is 6.04 Å². The van der Waals surface area contributed by atoms with E-state index >= 15 is 0 Å². The van der Waals surface area contributed by atoms with E-state index < -0.39 is 0 Å². The van der Waals surface area contributed by atoms with Crippen LogP contribution in [0.3, 0.4) is 0 Å². The van der Waals surface area contributed by atoms with E-state index in [2.05, 4.69) is 12.1 Å². The Morgan fingerprint density at radius 3 is 2.95 bits per heavy atom. The van der Waals surface area contributed by atoms with Crippen LogP contribution in [0.5, 0.6) is 5.75 Å². The van der Waals surface area contributed by atoms with E-state index in [0.717, 1.165) is 29.2 Å². The molecule has 2 aromatic rings. The van der Waals surface area contributed by atoms with Crippen LogP contribution in [0.25, 0.3) is 0 Å². The first-order chi connectivity index (χ1) is 9.72. The first-order valence-electron chi connectivity index (χ1n) is 6.98. The Morgan fingerprint density at radius 1 is 1.20 bits per heavy atom. The molecule has 2 nitrogen and oxygen atoms in total. The number of ether oxygens (including phenoxy) is 1. The van der Waals surface area contributed by atoms with Crippen LogP contribution in [0.15, 0.2) is 42.5 Å². The summed E-state index contributed by atoms with van der Waals surface area (Å²) >= 11 is 5.97. The fourth-order valence-corrected chi connectivity index (χ4v) is 2.91. The maximum absolute atomic E-state index is 6.17. The van der Waals surface area contributed by atoms with Gasteiger partial charge in [0.1, 0.15) is 12.4 Å². The van der Waals surface area contributed by atoms with E-state index in [0.29, 0.717) is 6.61 Å². The van der Waals surface area contributed by atoms with Gasteiger partial charge in [0, 0.05) is 11.1 Å². The van der Waals surface area contributed by atoms with Gasteiger partial charge in [-0.15, -0.1) is 0 Å². The van der Waals surface area contributed by atoms with Gasteiger partial charge in [-0.05, 0) is 60.2 Å². The Labute approximate surface area is 124 Å². The van der Waals surface area contributed by atoms with Crippen LogP contribution in [0, 0.1) is 0 Å². The van der Waals surface area contributed by atoms with E-state index in [9.17, 15) is 0 Å². The molecule has 0 fully saturated rings. The number of hydrogen-bond donors (Lipinski definition) is 1. The summed E-state index contributed by atoms with van der Waals surface area (Å²) in [6, 6.07) is 14.1. The Bertz CT molecular complexity index is 612. The van der Waals surface area contributed by atoms with Gasteiger partial charge >= 0.3 is 0 Å². The fraction of sp³-hybridized carbons (Fsp3) is 0.294. The number of hydrogen-bond acceptors (Lipinski definition) is 2. The van der Waals surface area contributed by atoms with Crippen LogP contribution in [-0.4, -0.2) is 0 Å². The molecule has 1 aliphatic rings. The molecular weight excluding hydrogens is 270 g/mol. The lowest BCUT2D eigenvalue weighted by Gasteiger charge is -2.22. The number of fused-ring (bicyclic) bond motifs is 1. The zero-order chi connectivity index (χ0) is 13.9. The molecule has 0 bridgehead atoms. The van der Waals surface area contributed by atoms with E-state index in [1.54, 1.807) is 0 Å². The number of rotatable bonds is 3. The number of halogens is 1. The predicted molar refractivity (Wildman–Crippen MR) is 82.1 cm³/mol. The summed E-state index contributed by atoms with van der Waals surface area (Å²) < 4.78 is 5.85. The molecule has 0 aliphatic heterocycles. The summed E-state index contributed by atoms with van der Waals surface area (Å²) in [6.07, 6.45) is 3.36. The van der Waals surface area contributed by atoms with Crippen molar-refractivity contribution in [1.29, 1.82) is 0 Å². The first-order valence-corrected chi connectivity index (χ1v) is 7.36. The molecule has 0 saturated carbocycles. The highest BCUT2D eigenvalue weighted by molar-refractivity contribution is 6.30. The van der Waals surface area contributed by atoms with Gasteiger partial charge in [-0.25, -0.2) is 0 Å². The second kappa shape index (κ2) is 5.86. The van der Waals surface area contributed by atoms with Crippen molar-refractivity contribution in [3.8, 4) is 5.75 Å². The van der Waals surface area contributed by atoms with Gasteiger partial charge in [-0.2, -0.15) is 0 Å². The van der Waals surface area contributed by atoms with Gasteiger partial charge in [0.15, 0.2) is 0 Å². The van der Waals surface area contributed by atoms with Crippen LogP contribution in [-0.2, 0) is 13.0 Å². The summed E-state index contributed by atoms with van der Waals surface area (Å²) in [5, 5.41) is 0.735. The Morgan fingerprint density at radius 2 is 2.10 bits per heavy atom. The summed E-state index contributed by atoms with van der Waals surface area (Å²) in [7, 11) is 0.